The van der Waals surface area contributed by atoms with Gasteiger partial charge in [-0.1, -0.05) is 6.07 Å². The number of thiophene rings is 2. The van der Waals surface area contributed by atoms with Crippen LogP contribution < -0.4 is 9.46 Å². The Hall–Kier alpha value is -1.71. The third-order valence-corrected chi connectivity index (χ3v) is 6.84. The van der Waals surface area contributed by atoms with E-state index in [-0.39, 0.29) is 11.4 Å². The van der Waals surface area contributed by atoms with Crippen molar-refractivity contribution in [1.82, 2.24) is 4.72 Å². The summed E-state index contributed by atoms with van der Waals surface area (Å²) in [6, 6.07) is 11.8. The number of benzene rings is 1. The molecule has 0 aliphatic carbocycles. The molecule has 3 aromatic rings. The quantitative estimate of drug-likeness (QED) is 0.643. The fourth-order valence-electron chi connectivity index (χ4n) is 2.25. The minimum absolute atomic E-state index is 0.155. The topological polar surface area (TPSA) is 75.6 Å². The first-order valence-corrected chi connectivity index (χ1v) is 10.7. The number of ether oxygens (including phenoxy) is 1. The molecule has 0 amide bonds. The van der Waals surface area contributed by atoms with Crippen molar-refractivity contribution in [2.45, 2.75) is 17.5 Å². The number of nitrogens with one attached hydrogen (secondary N) is 1. The Bertz CT molecular complexity index is 932. The fraction of sp³-hybridized carbons (Fsp3) is 0.176. The van der Waals surface area contributed by atoms with E-state index in [9.17, 15) is 13.5 Å². The highest BCUT2D eigenvalue weighted by atomic mass is 32.2. The van der Waals surface area contributed by atoms with Crippen LogP contribution in [0.5, 0.6) is 5.75 Å². The standard InChI is InChI=1S/C17H17NO4S3/c1-22-13-3-2-4-15(9-13)25(20,21)18-10-14-5-6-16(24-14)17(19)12-7-8-23-11-12/h2-9,11,17-19H,10H2,1H3. The van der Waals surface area contributed by atoms with E-state index in [1.54, 1.807) is 12.1 Å². The van der Waals surface area contributed by atoms with Gasteiger partial charge >= 0.3 is 0 Å². The van der Waals surface area contributed by atoms with Crippen LogP contribution in [-0.4, -0.2) is 20.6 Å². The molecule has 1 aromatic carbocycles. The lowest BCUT2D eigenvalue weighted by molar-refractivity contribution is 0.224. The lowest BCUT2D eigenvalue weighted by atomic mass is 10.2. The SMILES string of the molecule is COc1cccc(S(=O)(=O)NCc2ccc(C(O)c3ccsc3)s2)c1. The molecular formula is C17H17NO4S3. The van der Waals surface area contributed by atoms with Crippen LogP contribution in [0.3, 0.4) is 0 Å². The summed E-state index contributed by atoms with van der Waals surface area (Å²) in [6.45, 7) is 0.167. The number of hydrogen-bond donors (Lipinski definition) is 2. The zero-order chi connectivity index (χ0) is 17.9. The Morgan fingerprint density at radius 1 is 1.24 bits per heavy atom. The van der Waals surface area contributed by atoms with Gasteiger partial charge in [0.1, 0.15) is 11.9 Å². The lowest BCUT2D eigenvalue weighted by Crippen LogP contribution is -2.22. The van der Waals surface area contributed by atoms with Gasteiger partial charge < -0.3 is 9.84 Å². The van der Waals surface area contributed by atoms with Crippen LogP contribution in [0.25, 0.3) is 0 Å². The minimum atomic E-state index is -3.63. The van der Waals surface area contributed by atoms with E-state index >= 15 is 0 Å². The van der Waals surface area contributed by atoms with Gasteiger partial charge in [-0.3, -0.25) is 0 Å². The van der Waals surface area contributed by atoms with Gasteiger partial charge in [0.2, 0.25) is 10.0 Å². The van der Waals surface area contributed by atoms with E-state index in [1.807, 2.05) is 29.0 Å². The third kappa shape index (κ3) is 4.28. The molecule has 0 radical (unpaired) electrons. The summed E-state index contributed by atoms with van der Waals surface area (Å²) < 4.78 is 32.4. The molecule has 8 heteroatoms. The molecule has 0 fully saturated rings. The Morgan fingerprint density at radius 3 is 2.80 bits per heavy atom. The fourth-order valence-corrected chi connectivity index (χ4v) is 5.03. The van der Waals surface area contributed by atoms with E-state index in [4.69, 9.17) is 4.74 Å². The second kappa shape index (κ2) is 7.67. The van der Waals surface area contributed by atoms with E-state index in [1.165, 1.54) is 41.9 Å². The maximum Gasteiger partial charge on any atom is 0.241 e. The van der Waals surface area contributed by atoms with E-state index < -0.39 is 16.1 Å². The molecular weight excluding hydrogens is 378 g/mol. The Balaban J connectivity index is 1.69. The maximum atomic E-state index is 12.4. The van der Waals surface area contributed by atoms with Crippen molar-refractivity contribution >= 4 is 32.7 Å². The van der Waals surface area contributed by atoms with Crippen molar-refractivity contribution in [2.75, 3.05) is 7.11 Å². The molecule has 0 aliphatic heterocycles. The van der Waals surface area contributed by atoms with Crippen LogP contribution in [0.2, 0.25) is 0 Å². The van der Waals surface area contributed by atoms with Crippen molar-refractivity contribution in [3.05, 3.63) is 68.5 Å². The number of methoxy groups -OCH3 is 1. The summed E-state index contributed by atoms with van der Waals surface area (Å²) in [5.41, 5.74) is 0.843. The molecule has 2 N–H and O–H groups in total. The first kappa shape index (κ1) is 18.1. The van der Waals surface area contributed by atoms with E-state index in [0.717, 1.165) is 15.3 Å². The number of sulfonamides is 1. The van der Waals surface area contributed by atoms with E-state index in [2.05, 4.69) is 4.72 Å². The number of aliphatic hydroxyl groups excluding tert-OH is 1. The van der Waals surface area contributed by atoms with Crippen LogP contribution in [0.4, 0.5) is 0 Å². The van der Waals surface area contributed by atoms with E-state index in [0.29, 0.717) is 5.75 Å². The van der Waals surface area contributed by atoms with Crippen molar-refractivity contribution in [3.8, 4) is 5.75 Å². The third-order valence-electron chi connectivity index (χ3n) is 3.60. The average molecular weight is 396 g/mol. The summed E-state index contributed by atoms with van der Waals surface area (Å²) >= 11 is 2.91. The summed E-state index contributed by atoms with van der Waals surface area (Å²) in [4.78, 5) is 1.77. The van der Waals surface area contributed by atoms with Gasteiger partial charge in [0.15, 0.2) is 0 Å². The highest BCUT2D eigenvalue weighted by Gasteiger charge is 2.17. The molecule has 2 aromatic heterocycles. The van der Waals surface area contributed by atoms with Crippen molar-refractivity contribution < 1.29 is 18.3 Å². The Morgan fingerprint density at radius 2 is 2.08 bits per heavy atom. The van der Waals surface area contributed by atoms with Crippen molar-refractivity contribution in [2.24, 2.45) is 0 Å². The molecule has 5 nitrogen and oxygen atoms in total. The zero-order valence-corrected chi connectivity index (χ0v) is 15.8. The second-order valence-corrected chi connectivity index (χ2v) is 9.01. The molecule has 0 aliphatic rings. The molecule has 25 heavy (non-hydrogen) atoms. The van der Waals surface area contributed by atoms with Gasteiger partial charge in [-0.05, 0) is 46.7 Å². The molecule has 0 saturated carbocycles. The molecule has 2 heterocycles. The first-order chi connectivity index (χ1) is 12.0. The minimum Gasteiger partial charge on any atom is -0.497 e. The smallest absolute Gasteiger partial charge is 0.241 e. The van der Waals surface area contributed by atoms with Gasteiger partial charge in [-0.15, -0.1) is 11.3 Å². The van der Waals surface area contributed by atoms with Crippen LogP contribution in [0.1, 0.15) is 21.4 Å². The molecule has 1 atom stereocenters. The van der Waals surface area contributed by atoms with Crippen molar-refractivity contribution in [3.63, 3.8) is 0 Å². The van der Waals surface area contributed by atoms with Gasteiger partial charge in [0, 0.05) is 22.4 Å². The summed E-state index contributed by atoms with van der Waals surface area (Å²) in [5, 5.41) is 14.1. The average Bonchev–Trinajstić information content (AvgIpc) is 3.31. The Kier molecular flexibility index (Phi) is 5.55. The number of aliphatic hydroxyl groups is 1. The van der Waals surface area contributed by atoms with Crippen LogP contribution >= 0.6 is 22.7 Å². The summed E-state index contributed by atoms with van der Waals surface area (Å²) in [6.07, 6.45) is -0.681. The van der Waals surface area contributed by atoms with Crippen LogP contribution in [0, 0.1) is 0 Å². The van der Waals surface area contributed by atoms with Gasteiger partial charge in [-0.25, -0.2) is 13.1 Å². The largest absolute Gasteiger partial charge is 0.497 e. The highest BCUT2D eigenvalue weighted by Crippen LogP contribution is 2.29. The highest BCUT2D eigenvalue weighted by molar-refractivity contribution is 7.89. The molecule has 0 spiro atoms. The first-order valence-electron chi connectivity index (χ1n) is 7.42. The molecule has 3 rings (SSSR count). The zero-order valence-electron chi connectivity index (χ0n) is 13.4. The maximum absolute atomic E-state index is 12.4. The van der Waals surface area contributed by atoms with Gasteiger partial charge in [0.05, 0.1) is 12.0 Å². The summed E-state index contributed by atoms with van der Waals surface area (Å²) in [7, 11) is -2.14. The van der Waals surface area contributed by atoms with Crippen LogP contribution in [0.15, 0.2) is 58.1 Å². The van der Waals surface area contributed by atoms with Gasteiger partial charge in [-0.2, -0.15) is 11.3 Å². The predicted molar refractivity (Wildman–Crippen MR) is 99.7 cm³/mol. The molecule has 132 valence electrons. The Labute approximate surface area is 154 Å². The predicted octanol–water partition coefficient (Wildman–Crippen LogP) is 3.38. The van der Waals surface area contributed by atoms with Crippen LogP contribution in [-0.2, 0) is 16.6 Å². The molecule has 0 bridgehead atoms. The van der Waals surface area contributed by atoms with Crippen molar-refractivity contribution in [1.29, 1.82) is 0 Å². The number of hydrogen-bond acceptors (Lipinski definition) is 6. The molecule has 1 unspecified atom stereocenters. The normalized spacial score (nSPS) is 12.9. The number of rotatable bonds is 7. The monoisotopic (exact) mass is 395 g/mol. The second-order valence-electron chi connectivity index (χ2n) is 5.27. The van der Waals surface area contributed by atoms with Gasteiger partial charge in [0.25, 0.3) is 0 Å². The summed E-state index contributed by atoms with van der Waals surface area (Å²) in [5.74, 6) is 0.486. The lowest BCUT2D eigenvalue weighted by Gasteiger charge is -2.07. The molecule has 0 saturated heterocycles.